The van der Waals surface area contributed by atoms with Gasteiger partial charge in [-0.1, -0.05) is 32.6 Å². The minimum atomic E-state index is 0.535. The molecule has 0 amide bonds. The summed E-state index contributed by atoms with van der Waals surface area (Å²) >= 11 is 0. The first-order valence-electron chi connectivity index (χ1n) is 10.3. The summed E-state index contributed by atoms with van der Waals surface area (Å²) in [4.78, 5) is 4.64. The van der Waals surface area contributed by atoms with E-state index in [1.165, 1.54) is 5.56 Å². The Balaban J connectivity index is 0.00000155. The van der Waals surface area contributed by atoms with Crippen molar-refractivity contribution in [2.45, 2.75) is 41.0 Å². The molecule has 0 spiro atoms. The van der Waals surface area contributed by atoms with Gasteiger partial charge in [0.15, 0.2) is 11.5 Å². The molecule has 0 radical (unpaired) electrons. The number of ether oxygens (including phenoxy) is 3. The number of methoxy groups -OCH3 is 2. The van der Waals surface area contributed by atoms with Crippen LogP contribution in [-0.4, -0.2) is 25.8 Å². The number of rotatable bonds is 7. The lowest BCUT2D eigenvalue weighted by Crippen LogP contribution is -2.03. The molecule has 1 aromatic heterocycles. The van der Waals surface area contributed by atoms with Crippen molar-refractivity contribution >= 4 is 10.8 Å². The highest BCUT2D eigenvalue weighted by molar-refractivity contribution is 5.88. The van der Waals surface area contributed by atoms with Gasteiger partial charge in [-0.05, 0) is 66.6 Å². The Morgan fingerprint density at radius 2 is 1.57 bits per heavy atom. The molecule has 0 aliphatic heterocycles. The molecule has 0 saturated carbocycles. The zero-order valence-electron chi connectivity index (χ0n) is 19.3. The van der Waals surface area contributed by atoms with E-state index in [0.29, 0.717) is 12.4 Å². The maximum atomic E-state index is 5.91. The third-order valence-electron chi connectivity index (χ3n) is 4.71. The van der Waals surface area contributed by atoms with E-state index in [0.717, 1.165) is 51.1 Å². The maximum absolute atomic E-state index is 5.91. The normalized spacial score (nSPS) is 10.2. The Labute approximate surface area is 180 Å². The highest BCUT2D eigenvalue weighted by Crippen LogP contribution is 2.34. The van der Waals surface area contributed by atoms with Crippen molar-refractivity contribution in [3.05, 3.63) is 71.1 Å². The fraction of sp³-hybridized carbons (Fsp3) is 0.346. The third-order valence-corrected chi connectivity index (χ3v) is 4.71. The first kappa shape index (κ1) is 23.3. The van der Waals surface area contributed by atoms with Gasteiger partial charge in [0.25, 0.3) is 0 Å². The number of pyridine rings is 1. The lowest BCUT2D eigenvalue weighted by molar-refractivity contribution is 0.347. The zero-order chi connectivity index (χ0) is 22.3. The van der Waals surface area contributed by atoms with Crippen LogP contribution in [0.15, 0.2) is 48.7 Å². The lowest BCUT2D eigenvalue weighted by Gasteiger charge is -2.15. The molecule has 0 atom stereocenters. The highest BCUT2D eigenvalue weighted by Gasteiger charge is 2.12. The largest absolute Gasteiger partial charge is 0.493 e. The van der Waals surface area contributed by atoms with E-state index >= 15 is 0 Å². The summed E-state index contributed by atoms with van der Waals surface area (Å²) in [5, 5.41) is 2.15. The number of fused-ring (bicyclic) bond motifs is 1. The molecule has 0 saturated heterocycles. The molecule has 3 rings (SSSR count). The van der Waals surface area contributed by atoms with Crippen LogP contribution < -0.4 is 14.2 Å². The van der Waals surface area contributed by atoms with Gasteiger partial charge in [-0.2, -0.15) is 0 Å². The number of nitrogens with zero attached hydrogens (tertiary/aromatic N) is 1. The predicted molar refractivity (Wildman–Crippen MR) is 125 cm³/mol. The monoisotopic (exact) mass is 407 g/mol. The van der Waals surface area contributed by atoms with Crippen LogP contribution in [0.2, 0.25) is 0 Å². The topological polar surface area (TPSA) is 40.6 Å². The average Bonchev–Trinajstić information content (AvgIpc) is 2.73. The molecule has 0 aliphatic carbocycles. The van der Waals surface area contributed by atoms with Crippen LogP contribution in [0.3, 0.4) is 0 Å². The summed E-state index contributed by atoms with van der Waals surface area (Å²) < 4.78 is 16.8. The minimum absolute atomic E-state index is 0.535. The van der Waals surface area contributed by atoms with Gasteiger partial charge >= 0.3 is 0 Å². The molecule has 2 aromatic carbocycles. The second-order valence-electron chi connectivity index (χ2n) is 7.17. The fourth-order valence-corrected chi connectivity index (χ4v) is 3.46. The minimum Gasteiger partial charge on any atom is -0.493 e. The van der Waals surface area contributed by atoms with Crippen LogP contribution in [0.25, 0.3) is 10.8 Å². The lowest BCUT2D eigenvalue weighted by atomic mass is 9.99. The van der Waals surface area contributed by atoms with Gasteiger partial charge in [0.2, 0.25) is 0 Å². The van der Waals surface area contributed by atoms with E-state index in [9.17, 15) is 0 Å². The molecule has 0 bridgehead atoms. The van der Waals surface area contributed by atoms with Gasteiger partial charge in [0, 0.05) is 18.0 Å². The first-order valence-corrected chi connectivity index (χ1v) is 10.3. The van der Waals surface area contributed by atoms with E-state index in [-0.39, 0.29) is 0 Å². The molecule has 0 unspecified atom stereocenters. The van der Waals surface area contributed by atoms with Crippen molar-refractivity contribution in [1.82, 2.24) is 4.98 Å². The molecule has 4 heteroatoms. The van der Waals surface area contributed by atoms with Crippen LogP contribution in [-0.2, 0) is 6.42 Å². The predicted octanol–water partition coefficient (Wildman–Crippen LogP) is 6.44. The number of benzene rings is 2. The summed E-state index contributed by atoms with van der Waals surface area (Å²) in [5.74, 6) is 2.36. The summed E-state index contributed by atoms with van der Waals surface area (Å²) in [6.07, 6.45) is 2.57. The van der Waals surface area contributed by atoms with Crippen molar-refractivity contribution in [3.63, 3.8) is 0 Å². The van der Waals surface area contributed by atoms with Gasteiger partial charge in [-0.15, -0.1) is 0 Å². The Morgan fingerprint density at radius 1 is 0.967 bits per heavy atom. The van der Waals surface area contributed by atoms with Gasteiger partial charge in [0.1, 0.15) is 12.4 Å². The van der Waals surface area contributed by atoms with Gasteiger partial charge < -0.3 is 14.2 Å². The Hall–Kier alpha value is -3.01. The number of hydrogen-bond donors (Lipinski definition) is 0. The van der Waals surface area contributed by atoms with Crippen molar-refractivity contribution < 1.29 is 14.2 Å². The summed E-state index contributed by atoms with van der Waals surface area (Å²) in [5.41, 5.74) is 5.46. The SMILES string of the molecule is C=C(C)COc1c(C)cc(Cc2nccc3cc(OC)c(OC)cc23)cc1C.CC. The van der Waals surface area contributed by atoms with Crippen LogP contribution in [0.5, 0.6) is 17.2 Å². The summed E-state index contributed by atoms with van der Waals surface area (Å²) in [7, 11) is 3.30. The van der Waals surface area contributed by atoms with Crippen LogP contribution in [0, 0.1) is 13.8 Å². The standard InChI is InChI=1S/C24H27NO3.C2H6/c1-15(2)14-28-24-16(3)9-18(10-17(24)4)11-21-20-13-23(27-6)22(26-5)12-19(20)7-8-25-21;1-2/h7-10,12-13H,1,11,14H2,2-6H3;1-2H3. The zero-order valence-corrected chi connectivity index (χ0v) is 19.3. The van der Waals surface area contributed by atoms with E-state index in [1.807, 2.05) is 45.2 Å². The summed E-state index contributed by atoms with van der Waals surface area (Å²) in [6, 6.07) is 10.3. The van der Waals surface area contributed by atoms with E-state index < -0.39 is 0 Å². The van der Waals surface area contributed by atoms with Crippen LogP contribution in [0.1, 0.15) is 43.2 Å². The molecule has 0 fully saturated rings. The maximum Gasteiger partial charge on any atom is 0.161 e. The molecule has 4 nitrogen and oxygen atoms in total. The molecular formula is C26H33NO3. The van der Waals surface area contributed by atoms with E-state index in [4.69, 9.17) is 14.2 Å². The quantitative estimate of drug-likeness (QED) is 0.423. The summed E-state index contributed by atoms with van der Waals surface area (Å²) in [6.45, 7) is 14.6. The second-order valence-corrected chi connectivity index (χ2v) is 7.17. The van der Waals surface area contributed by atoms with Gasteiger partial charge in [0.05, 0.1) is 19.9 Å². The Kier molecular flexibility index (Phi) is 8.28. The van der Waals surface area contributed by atoms with Crippen molar-refractivity contribution in [2.24, 2.45) is 0 Å². The van der Waals surface area contributed by atoms with Crippen molar-refractivity contribution in [1.29, 1.82) is 0 Å². The van der Waals surface area contributed by atoms with Crippen molar-refractivity contribution in [3.8, 4) is 17.2 Å². The second kappa shape index (κ2) is 10.7. The molecular weight excluding hydrogens is 374 g/mol. The van der Waals surface area contributed by atoms with Gasteiger partial charge in [-0.25, -0.2) is 0 Å². The molecule has 0 N–H and O–H groups in total. The Morgan fingerprint density at radius 3 is 2.13 bits per heavy atom. The molecule has 160 valence electrons. The Bertz CT molecular complexity index is 1000. The molecule has 0 aliphatic rings. The van der Waals surface area contributed by atoms with Crippen LogP contribution in [0.4, 0.5) is 0 Å². The van der Waals surface area contributed by atoms with E-state index in [2.05, 4.69) is 37.5 Å². The van der Waals surface area contributed by atoms with Gasteiger partial charge in [-0.3, -0.25) is 4.98 Å². The number of hydrogen-bond acceptors (Lipinski definition) is 4. The highest BCUT2D eigenvalue weighted by atomic mass is 16.5. The molecule has 1 heterocycles. The molecule has 3 aromatic rings. The molecule has 30 heavy (non-hydrogen) atoms. The number of aryl methyl sites for hydroxylation is 2. The van der Waals surface area contributed by atoms with Crippen molar-refractivity contribution in [2.75, 3.05) is 20.8 Å². The van der Waals surface area contributed by atoms with E-state index in [1.54, 1.807) is 14.2 Å². The third kappa shape index (κ3) is 5.32. The average molecular weight is 408 g/mol. The first-order chi connectivity index (χ1) is 14.4. The van der Waals surface area contributed by atoms with Crippen LogP contribution >= 0.6 is 0 Å². The fourth-order valence-electron chi connectivity index (χ4n) is 3.46. The smallest absolute Gasteiger partial charge is 0.161 e. The number of aromatic nitrogens is 1.